The van der Waals surface area contributed by atoms with E-state index >= 15 is 0 Å². The Morgan fingerprint density at radius 3 is 2.43 bits per heavy atom. The van der Waals surface area contributed by atoms with Crippen molar-refractivity contribution >= 4 is 6.09 Å². The third kappa shape index (κ3) is 7.11. The van der Waals surface area contributed by atoms with Crippen LogP contribution in [-0.4, -0.2) is 35.0 Å². The standard InChI is InChI=1S/C27H32F3N3O2/c1-27(2,3)25(31-12-11-21(15-28)32-26(34)35)24-13-19(22-14-20(29)9-10-23(22)30)17-33(24)16-18-7-5-4-6-8-18/h4-10,13-14,17,21,25,31-32H,11-12,15-16H2,1-3H3,(H,34,35). The molecule has 1 aromatic heterocycles. The highest BCUT2D eigenvalue weighted by molar-refractivity contribution is 5.65. The van der Waals surface area contributed by atoms with Gasteiger partial charge in [-0.25, -0.2) is 18.0 Å². The second-order valence-electron chi connectivity index (χ2n) is 9.73. The van der Waals surface area contributed by atoms with Gasteiger partial charge in [-0.05, 0) is 48.2 Å². The van der Waals surface area contributed by atoms with E-state index in [1.54, 1.807) is 0 Å². The first kappa shape index (κ1) is 26.3. The van der Waals surface area contributed by atoms with Crippen LogP contribution in [0.25, 0.3) is 11.1 Å². The van der Waals surface area contributed by atoms with Gasteiger partial charge < -0.3 is 20.3 Å². The van der Waals surface area contributed by atoms with Gasteiger partial charge in [-0.3, -0.25) is 0 Å². The average molecular weight is 488 g/mol. The van der Waals surface area contributed by atoms with Crippen molar-refractivity contribution in [2.45, 2.75) is 45.8 Å². The minimum Gasteiger partial charge on any atom is -0.465 e. The van der Waals surface area contributed by atoms with Crippen LogP contribution >= 0.6 is 0 Å². The molecule has 3 rings (SSSR count). The molecule has 0 spiro atoms. The van der Waals surface area contributed by atoms with Crippen molar-refractivity contribution in [1.82, 2.24) is 15.2 Å². The SMILES string of the molecule is CC(C)(C)C(NCCC(CF)NC(=O)O)c1cc(-c2cc(F)ccc2F)cn1Cc1ccccc1. The molecule has 0 saturated carbocycles. The van der Waals surface area contributed by atoms with Gasteiger partial charge in [0.05, 0.1) is 12.1 Å². The number of alkyl halides is 1. The molecule has 0 aliphatic carbocycles. The van der Waals surface area contributed by atoms with Gasteiger partial charge in [0.15, 0.2) is 0 Å². The Balaban J connectivity index is 1.97. The van der Waals surface area contributed by atoms with E-state index in [1.807, 2.05) is 47.2 Å². The topological polar surface area (TPSA) is 66.3 Å². The lowest BCUT2D eigenvalue weighted by atomic mass is 9.84. The minimum absolute atomic E-state index is 0.175. The van der Waals surface area contributed by atoms with Crippen LogP contribution < -0.4 is 10.6 Å². The van der Waals surface area contributed by atoms with Crippen molar-refractivity contribution in [2.24, 2.45) is 5.41 Å². The first-order chi connectivity index (χ1) is 16.6. The fourth-order valence-corrected chi connectivity index (χ4v) is 4.17. The lowest BCUT2D eigenvalue weighted by Crippen LogP contribution is -2.40. The smallest absolute Gasteiger partial charge is 0.404 e. The summed E-state index contributed by atoms with van der Waals surface area (Å²) in [5, 5.41) is 14.5. The number of benzene rings is 2. The molecule has 2 aromatic carbocycles. The van der Waals surface area contributed by atoms with Gasteiger partial charge in [-0.2, -0.15) is 0 Å². The third-order valence-corrected chi connectivity index (χ3v) is 5.88. The Labute approximate surface area is 204 Å². The monoisotopic (exact) mass is 487 g/mol. The predicted molar refractivity (Wildman–Crippen MR) is 131 cm³/mol. The first-order valence-electron chi connectivity index (χ1n) is 11.6. The Kier molecular flexibility index (Phi) is 8.62. The van der Waals surface area contributed by atoms with Crippen LogP contribution in [0.2, 0.25) is 0 Å². The van der Waals surface area contributed by atoms with Crippen LogP contribution in [0, 0.1) is 17.0 Å². The largest absolute Gasteiger partial charge is 0.465 e. The summed E-state index contributed by atoms with van der Waals surface area (Å²) < 4.78 is 43.8. The quantitative estimate of drug-likeness (QED) is 0.321. The molecule has 35 heavy (non-hydrogen) atoms. The van der Waals surface area contributed by atoms with Gasteiger partial charge in [0, 0.05) is 29.6 Å². The van der Waals surface area contributed by atoms with E-state index in [1.165, 1.54) is 6.07 Å². The summed E-state index contributed by atoms with van der Waals surface area (Å²) in [7, 11) is 0. The van der Waals surface area contributed by atoms with Crippen LogP contribution in [0.3, 0.4) is 0 Å². The Morgan fingerprint density at radius 2 is 1.80 bits per heavy atom. The number of carbonyl (C=O) groups is 1. The number of rotatable bonds is 10. The van der Waals surface area contributed by atoms with Crippen molar-refractivity contribution < 1.29 is 23.1 Å². The molecule has 188 valence electrons. The molecule has 2 atom stereocenters. The van der Waals surface area contributed by atoms with E-state index in [9.17, 15) is 18.0 Å². The van der Waals surface area contributed by atoms with Crippen LogP contribution in [0.1, 0.15) is 44.5 Å². The van der Waals surface area contributed by atoms with E-state index < -0.39 is 30.4 Å². The van der Waals surface area contributed by atoms with Crippen molar-refractivity contribution in [3.05, 3.63) is 83.7 Å². The molecule has 8 heteroatoms. The molecule has 3 aromatic rings. The number of aromatic nitrogens is 1. The highest BCUT2D eigenvalue weighted by atomic mass is 19.1. The summed E-state index contributed by atoms with van der Waals surface area (Å²) in [5.41, 5.74) is 2.34. The Morgan fingerprint density at radius 1 is 1.09 bits per heavy atom. The van der Waals surface area contributed by atoms with Crippen molar-refractivity contribution in [3.63, 3.8) is 0 Å². The minimum atomic E-state index is -1.27. The number of nitrogens with zero attached hydrogens (tertiary/aromatic N) is 1. The maximum absolute atomic E-state index is 14.6. The molecule has 0 fully saturated rings. The second kappa shape index (κ2) is 11.4. The molecule has 3 N–H and O–H groups in total. The lowest BCUT2D eigenvalue weighted by molar-refractivity contribution is 0.184. The fraction of sp³-hybridized carbons (Fsp3) is 0.370. The number of hydrogen-bond acceptors (Lipinski definition) is 2. The summed E-state index contributed by atoms with van der Waals surface area (Å²) in [6.07, 6.45) is 0.815. The zero-order chi connectivity index (χ0) is 25.6. The maximum atomic E-state index is 14.6. The third-order valence-electron chi connectivity index (χ3n) is 5.88. The van der Waals surface area contributed by atoms with Crippen LogP contribution in [-0.2, 0) is 6.54 Å². The van der Waals surface area contributed by atoms with E-state index in [-0.39, 0.29) is 23.4 Å². The number of hydrogen-bond donors (Lipinski definition) is 3. The lowest BCUT2D eigenvalue weighted by Gasteiger charge is -2.33. The van der Waals surface area contributed by atoms with Gasteiger partial charge in [0.2, 0.25) is 0 Å². The summed E-state index contributed by atoms with van der Waals surface area (Å²) in [4.78, 5) is 10.9. The van der Waals surface area contributed by atoms with Crippen LogP contribution in [0.5, 0.6) is 0 Å². The molecular weight excluding hydrogens is 455 g/mol. The molecule has 2 unspecified atom stereocenters. The van der Waals surface area contributed by atoms with Crippen molar-refractivity contribution in [3.8, 4) is 11.1 Å². The number of amides is 1. The highest BCUT2D eigenvalue weighted by Gasteiger charge is 2.30. The molecular formula is C27H32F3N3O2. The second-order valence-corrected chi connectivity index (χ2v) is 9.73. The van der Waals surface area contributed by atoms with Gasteiger partial charge >= 0.3 is 6.09 Å². The van der Waals surface area contributed by atoms with Gasteiger partial charge in [-0.1, -0.05) is 51.1 Å². The fourth-order valence-electron chi connectivity index (χ4n) is 4.17. The summed E-state index contributed by atoms with van der Waals surface area (Å²) in [6.45, 7) is 6.23. The normalized spacial score (nSPS) is 13.4. The molecule has 0 radical (unpaired) electrons. The van der Waals surface area contributed by atoms with Crippen LogP contribution in [0.15, 0.2) is 60.8 Å². The molecule has 1 amide bonds. The highest BCUT2D eigenvalue weighted by Crippen LogP contribution is 2.37. The predicted octanol–water partition coefficient (Wildman–Crippen LogP) is 6.15. The Hall–Kier alpha value is -3.26. The molecule has 0 bridgehead atoms. The van der Waals surface area contributed by atoms with Gasteiger partial charge in [-0.15, -0.1) is 0 Å². The average Bonchev–Trinajstić information content (AvgIpc) is 3.19. The number of carboxylic acid groups (broad SMARTS) is 1. The maximum Gasteiger partial charge on any atom is 0.404 e. The van der Waals surface area contributed by atoms with Crippen molar-refractivity contribution in [2.75, 3.05) is 13.2 Å². The zero-order valence-electron chi connectivity index (χ0n) is 20.2. The zero-order valence-corrected chi connectivity index (χ0v) is 20.2. The number of nitrogens with one attached hydrogen (secondary N) is 2. The first-order valence-corrected chi connectivity index (χ1v) is 11.6. The van der Waals surface area contributed by atoms with Gasteiger partial charge in [0.1, 0.15) is 18.3 Å². The van der Waals surface area contributed by atoms with Crippen LogP contribution in [0.4, 0.5) is 18.0 Å². The van der Waals surface area contributed by atoms with E-state index in [0.717, 1.165) is 23.4 Å². The molecule has 0 aliphatic rings. The Bertz CT molecular complexity index is 1130. The van der Waals surface area contributed by atoms with E-state index in [4.69, 9.17) is 5.11 Å². The molecule has 1 heterocycles. The summed E-state index contributed by atoms with van der Waals surface area (Å²) in [6, 6.07) is 14.0. The molecule has 0 aliphatic heterocycles. The summed E-state index contributed by atoms with van der Waals surface area (Å²) in [5.74, 6) is -1.03. The molecule has 0 saturated heterocycles. The van der Waals surface area contributed by atoms with Gasteiger partial charge in [0.25, 0.3) is 0 Å². The van der Waals surface area contributed by atoms with Crippen molar-refractivity contribution in [1.29, 1.82) is 0 Å². The van der Waals surface area contributed by atoms with E-state index in [2.05, 4.69) is 31.4 Å². The van der Waals surface area contributed by atoms with E-state index in [0.29, 0.717) is 18.7 Å². The molecule has 5 nitrogen and oxygen atoms in total. The number of halogens is 3. The summed E-state index contributed by atoms with van der Waals surface area (Å²) >= 11 is 0.